The van der Waals surface area contributed by atoms with Crippen molar-refractivity contribution in [3.8, 4) is 0 Å². The molecule has 1 saturated heterocycles. The fourth-order valence-corrected chi connectivity index (χ4v) is 3.12. The second-order valence-corrected chi connectivity index (χ2v) is 6.60. The van der Waals surface area contributed by atoms with Crippen LogP contribution in [0.5, 0.6) is 0 Å². The highest BCUT2D eigenvalue weighted by Crippen LogP contribution is 2.24. The zero-order chi connectivity index (χ0) is 14.5. The predicted molar refractivity (Wildman–Crippen MR) is 86.8 cm³/mol. The van der Waals surface area contributed by atoms with Crippen LogP contribution in [-0.2, 0) is 6.42 Å². The second kappa shape index (κ2) is 7.24. The Morgan fingerprint density at radius 3 is 2.50 bits per heavy atom. The van der Waals surface area contributed by atoms with Gasteiger partial charge in [0.2, 0.25) is 0 Å². The minimum atomic E-state index is 0.145. The van der Waals surface area contributed by atoms with E-state index >= 15 is 0 Å². The number of hydrogen-bond acceptors (Lipinski definition) is 2. The highest BCUT2D eigenvalue weighted by molar-refractivity contribution is 5.25. The van der Waals surface area contributed by atoms with Gasteiger partial charge in [0.1, 0.15) is 0 Å². The molecule has 112 valence electrons. The van der Waals surface area contributed by atoms with E-state index in [1.54, 1.807) is 0 Å². The van der Waals surface area contributed by atoms with Gasteiger partial charge in [-0.05, 0) is 42.3 Å². The third-order valence-electron chi connectivity index (χ3n) is 4.82. The SMILES string of the molecule is CCCc1ccc(C(N)CN2CCC(C)C(C)C2)cc1. The molecular weight excluding hydrogens is 244 g/mol. The minimum Gasteiger partial charge on any atom is -0.323 e. The van der Waals surface area contributed by atoms with Crippen LogP contribution in [0.15, 0.2) is 24.3 Å². The van der Waals surface area contributed by atoms with Crippen LogP contribution < -0.4 is 5.73 Å². The smallest absolute Gasteiger partial charge is 0.0424 e. The number of aryl methyl sites for hydroxylation is 1. The van der Waals surface area contributed by atoms with Gasteiger partial charge < -0.3 is 10.6 Å². The van der Waals surface area contributed by atoms with Gasteiger partial charge in [0.25, 0.3) is 0 Å². The largest absolute Gasteiger partial charge is 0.323 e. The second-order valence-electron chi connectivity index (χ2n) is 6.60. The van der Waals surface area contributed by atoms with E-state index in [-0.39, 0.29) is 6.04 Å². The molecule has 1 fully saturated rings. The topological polar surface area (TPSA) is 29.3 Å². The van der Waals surface area contributed by atoms with Crippen LogP contribution in [-0.4, -0.2) is 24.5 Å². The summed E-state index contributed by atoms with van der Waals surface area (Å²) < 4.78 is 0. The molecule has 1 aromatic carbocycles. The monoisotopic (exact) mass is 274 g/mol. The Bertz CT molecular complexity index is 398. The van der Waals surface area contributed by atoms with E-state index in [1.807, 2.05) is 0 Å². The average molecular weight is 274 g/mol. The molecule has 1 heterocycles. The summed E-state index contributed by atoms with van der Waals surface area (Å²) >= 11 is 0. The summed E-state index contributed by atoms with van der Waals surface area (Å²) in [6.45, 7) is 10.3. The summed E-state index contributed by atoms with van der Waals surface area (Å²) in [6.07, 6.45) is 3.68. The van der Waals surface area contributed by atoms with Crippen molar-refractivity contribution in [1.82, 2.24) is 4.90 Å². The maximum absolute atomic E-state index is 6.39. The Labute approximate surface area is 124 Å². The summed E-state index contributed by atoms with van der Waals surface area (Å²) in [4.78, 5) is 2.54. The van der Waals surface area contributed by atoms with E-state index in [0.717, 1.165) is 24.8 Å². The lowest BCUT2D eigenvalue weighted by Crippen LogP contribution is -2.41. The predicted octanol–water partition coefficient (Wildman–Crippen LogP) is 3.62. The van der Waals surface area contributed by atoms with E-state index in [4.69, 9.17) is 5.73 Å². The molecule has 0 radical (unpaired) electrons. The van der Waals surface area contributed by atoms with Crippen LogP contribution >= 0.6 is 0 Å². The van der Waals surface area contributed by atoms with Crippen molar-refractivity contribution in [2.24, 2.45) is 17.6 Å². The molecule has 2 rings (SSSR count). The van der Waals surface area contributed by atoms with Crippen molar-refractivity contribution in [3.63, 3.8) is 0 Å². The first kappa shape index (κ1) is 15.5. The third kappa shape index (κ3) is 4.07. The van der Waals surface area contributed by atoms with E-state index < -0.39 is 0 Å². The zero-order valence-corrected chi connectivity index (χ0v) is 13.3. The van der Waals surface area contributed by atoms with Crippen LogP contribution in [0, 0.1) is 11.8 Å². The van der Waals surface area contributed by atoms with Gasteiger partial charge in [-0.25, -0.2) is 0 Å². The molecule has 2 heteroatoms. The van der Waals surface area contributed by atoms with E-state index in [1.165, 1.54) is 37.1 Å². The van der Waals surface area contributed by atoms with Gasteiger partial charge in [0.15, 0.2) is 0 Å². The van der Waals surface area contributed by atoms with Gasteiger partial charge >= 0.3 is 0 Å². The number of benzene rings is 1. The molecule has 3 unspecified atom stereocenters. The molecule has 2 nitrogen and oxygen atoms in total. The lowest BCUT2D eigenvalue weighted by molar-refractivity contribution is 0.132. The fourth-order valence-electron chi connectivity index (χ4n) is 3.12. The maximum atomic E-state index is 6.39. The first-order valence-electron chi connectivity index (χ1n) is 8.17. The molecule has 0 bridgehead atoms. The van der Waals surface area contributed by atoms with Gasteiger partial charge in [-0.1, -0.05) is 51.5 Å². The summed E-state index contributed by atoms with van der Waals surface area (Å²) in [5.74, 6) is 1.65. The van der Waals surface area contributed by atoms with Crippen LogP contribution in [0.25, 0.3) is 0 Å². The van der Waals surface area contributed by atoms with Crippen LogP contribution in [0.1, 0.15) is 50.8 Å². The van der Waals surface area contributed by atoms with E-state index in [0.29, 0.717) is 0 Å². The van der Waals surface area contributed by atoms with Gasteiger partial charge in [0, 0.05) is 19.1 Å². The summed E-state index contributed by atoms with van der Waals surface area (Å²) in [5.41, 5.74) is 9.08. The van der Waals surface area contributed by atoms with Crippen molar-refractivity contribution in [2.75, 3.05) is 19.6 Å². The Kier molecular flexibility index (Phi) is 5.62. The minimum absolute atomic E-state index is 0.145. The Balaban J connectivity index is 1.89. The fraction of sp³-hybridized carbons (Fsp3) is 0.667. The van der Waals surface area contributed by atoms with Crippen molar-refractivity contribution < 1.29 is 0 Å². The van der Waals surface area contributed by atoms with Crippen molar-refractivity contribution in [1.29, 1.82) is 0 Å². The number of nitrogens with two attached hydrogens (primary N) is 1. The van der Waals surface area contributed by atoms with Crippen LogP contribution in [0.4, 0.5) is 0 Å². The number of piperidine rings is 1. The van der Waals surface area contributed by atoms with Gasteiger partial charge in [0.05, 0.1) is 0 Å². The molecule has 0 amide bonds. The van der Waals surface area contributed by atoms with Crippen molar-refractivity contribution in [2.45, 2.75) is 46.1 Å². The molecule has 1 aromatic rings. The average Bonchev–Trinajstić information content (AvgIpc) is 2.44. The Morgan fingerprint density at radius 2 is 1.90 bits per heavy atom. The molecule has 1 aliphatic rings. The Hall–Kier alpha value is -0.860. The van der Waals surface area contributed by atoms with E-state index in [9.17, 15) is 0 Å². The summed E-state index contributed by atoms with van der Waals surface area (Å²) in [6, 6.07) is 9.04. The quantitative estimate of drug-likeness (QED) is 0.888. The molecule has 0 aliphatic carbocycles. The first-order valence-corrected chi connectivity index (χ1v) is 8.17. The zero-order valence-electron chi connectivity index (χ0n) is 13.3. The van der Waals surface area contributed by atoms with Gasteiger partial charge in [-0.3, -0.25) is 0 Å². The first-order chi connectivity index (χ1) is 9.60. The van der Waals surface area contributed by atoms with Crippen molar-refractivity contribution >= 4 is 0 Å². The number of likely N-dealkylation sites (tertiary alicyclic amines) is 1. The van der Waals surface area contributed by atoms with Crippen molar-refractivity contribution in [3.05, 3.63) is 35.4 Å². The molecule has 0 aromatic heterocycles. The maximum Gasteiger partial charge on any atom is 0.0424 e. The third-order valence-corrected chi connectivity index (χ3v) is 4.82. The number of nitrogens with zero attached hydrogens (tertiary/aromatic N) is 1. The molecule has 0 spiro atoms. The molecule has 20 heavy (non-hydrogen) atoms. The number of rotatable bonds is 5. The van der Waals surface area contributed by atoms with Crippen LogP contribution in [0.2, 0.25) is 0 Å². The highest BCUT2D eigenvalue weighted by Gasteiger charge is 2.23. The van der Waals surface area contributed by atoms with Gasteiger partial charge in [-0.15, -0.1) is 0 Å². The van der Waals surface area contributed by atoms with Gasteiger partial charge in [-0.2, -0.15) is 0 Å². The Morgan fingerprint density at radius 1 is 1.20 bits per heavy atom. The molecular formula is C18H30N2. The normalized spacial score (nSPS) is 25.6. The lowest BCUT2D eigenvalue weighted by Gasteiger charge is -2.36. The highest BCUT2D eigenvalue weighted by atomic mass is 15.1. The molecule has 1 aliphatic heterocycles. The number of hydrogen-bond donors (Lipinski definition) is 1. The lowest BCUT2D eigenvalue weighted by atomic mass is 9.88. The van der Waals surface area contributed by atoms with Crippen LogP contribution in [0.3, 0.4) is 0 Å². The summed E-state index contributed by atoms with van der Waals surface area (Å²) in [5, 5.41) is 0. The summed E-state index contributed by atoms with van der Waals surface area (Å²) in [7, 11) is 0. The molecule has 2 N–H and O–H groups in total. The molecule has 0 saturated carbocycles. The molecule has 3 atom stereocenters. The van der Waals surface area contributed by atoms with E-state index in [2.05, 4.69) is 49.9 Å². The standard InChI is InChI=1S/C18H30N2/c1-4-5-16-6-8-17(9-7-16)18(19)13-20-11-10-14(2)15(3)12-20/h6-9,14-15,18H,4-5,10-13,19H2,1-3H3.